The number of hydrogen-bond donors (Lipinski definition) is 2. The van der Waals surface area contributed by atoms with Gasteiger partial charge in [-0.15, -0.1) is 24.0 Å². The monoisotopic (exact) mass is 511 g/mol. The van der Waals surface area contributed by atoms with Gasteiger partial charge in [0.2, 0.25) is 0 Å². The van der Waals surface area contributed by atoms with E-state index in [0.717, 1.165) is 32.1 Å². The Kier molecular flexibility index (Phi) is 13.6. The maximum atomic E-state index is 5.51. The average molecular weight is 511 g/mol. The van der Waals surface area contributed by atoms with Crippen LogP contribution in [0.1, 0.15) is 38.5 Å². The molecule has 0 unspecified atom stereocenters. The maximum Gasteiger partial charge on any atom is 0.191 e. The Bertz CT molecular complexity index is 425. The Morgan fingerprint density at radius 1 is 1.00 bits per heavy atom. The molecular formula is C20H42IN5O2. The first-order valence-corrected chi connectivity index (χ1v) is 10.6. The first-order valence-electron chi connectivity index (χ1n) is 10.6. The molecule has 0 atom stereocenters. The summed E-state index contributed by atoms with van der Waals surface area (Å²) in [6, 6.07) is 0. The van der Waals surface area contributed by atoms with Crippen LogP contribution in [0.4, 0.5) is 0 Å². The number of nitrogens with one attached hydrogen (secondary N) is 2. The zero-order valence-corrected chi connectivity index (χ0v) is 20.5. The molecule has 166 valence electrons. The molecule has 0 aromatic rings. The van der Waals surface area contributed by atoms with Crippen molar-refractivity contribution in [3.63, 3.8) is 0 Å². The normalized spacial score (nSPS) is 21.2. The van der Waals surface area contributed by atoms with Crippen molar-refractivity contribution in [3.05, 3.63) is 0 Å². The van der Waals surface area contributed by atoms with E-state index in [2.05, 4.69) is 32.5 Å². The van der Waals surface area contributed by atoms with E-state index in [0.29, 0.717) is 13.2 Å². The topological polar surface area (TPSA) is 61.4 Å². The summed E-state index contributed by atoms with van der Waals surface area (Å²) in [7, 11) is 5.79. The largest absolute Gasteiger partial charge is 0.382 e. The number of guanidine groups is 1. The van der Waals surface area contributed by atoms with E-state index in [9.17, 15) is 0 Å². The number of piperidine rings is 2. The lowest BCUT2D eigenvalue weighted by atomic mass is 9.84. The molecule has 2 heterocycles. The van der Waals surface area contributed by atoms with E-state index >= 15 is 0 Å². The Hall–Kier alpha value is -0.160. The Morgan fingerprint density at radius 2 is 1.71 bits per heavy atom. The van der Waals surface area contributed by atoms with Gasteiger partial charge in [0.15, 0.2) is 5.96 Å². The zero-order valence-electron chi connectivity index (χ0n) is 18.2. The number of halogens is 1. The lowest BCUT2D eigenvalue weighted by Gasteiger charge is -2.50. The number of methoxy groups -OCH3 is 1. The molecule has 2 rings (SSSR count). The molecule has 0 saturated carbocycles. The van der Waals surface area contributed by atoms with Crippen molar-refractivity contribution in [2.24, 2.45) is 4.99 Å². The predicted molar refractivity (Wildman–Crippen MR) is 127 cm³/mol. The molecule has 2 aliphatic rings. The third kappa shape index (κ3) is 8.69. The van der Waals surface area contributed by atoms with Crippen LogP contribution in [0.5, 0.6) is 0 Å². The molecule has 0 aromatic heterocycles. The van der Waals surface area contributed by atoms with Crippen LogP contribution in [0, 0.1) is 0 Å². The Morgan fingerprint density at radius 3 is 2.36 bits per heavy atom. The summed E-state index contributed by atoms with van der Waals surface area (Å²) in [6.07, 6.45) is 7.50. The molecule has 2 fully saturated rings. The van der Waals surface area contributed by atoms with Crippen molar-refractivity contribution in [3.8, 4) is 0 Å². The van der Waals surface area contributed by atoms with Crippen molar-refractivity contribution < 1.29 is 9.47 Å². The lowest BCUT2D eigenvalue weighted by Crippen LogP contribution is -2.62. The summed E-state index contributed by atoms with van der Waals surface area (Å²) in [5.74, 6) is 0.905. The molecule has 7 nitrogen and oxygen atoms in total. The van der Waals surface area contributed by atoms with Gasteiger partial charge in [-0.1, -0.05) is 6.42 Å². The second-order valence-corrected chi connectivity index (χ2v) is 7.89. The molecule has 8 heteroatoms. The second-order valence-electron chi connectivity index (χ2n) is 7.89. The highest BCUT2D eigenvalue weighted by Crippen LogP contribution is 2.30. The van der Waals surface area contributed by atoms with Crippen LogP contribution in [-0.4, -0.2) is 102 Å². The van der Waals surface area contributed by atoms with Gasteiger partial charge >= 0.3 is 0 Å². The third-order valence-electron chi connectivity index (χ3n) is 5.94. The third-order valence-corrected chi connectivity index (χ3v) is 5.94. The van der Waals surface area contributed by atoms with E-state index in [1.807, 2.05) is 7.05 Å². The van der Waals surface area contributed by atoms with Crippen LogP contribution in [0.2, 0.25) is 0 Å². The predicted octanol–water partition coefficient (Wildman–Crippen LogP) is 1.77. The molecule has 0 amide bonds. The van der Waals surface area contributed by atoms with Crippen LogP contribution in [0.15, 0.2) is 4.99 Å². The van der Waals surface area contributed by atoms with Gasteiger partial charge in [-0.25, -0.2) is 0 Å². The molecule has 2 saturated heterocycles. The van der Waals surface area contributed by atoms with Crippen molar-refractivity contribution >= 4 is 29.9 Å². The number of nitrogens with zero attached hydrogens (tertiary/aromatic N) is 3. The van der Waals surface area contributed by atoms with E-state index in [1.54, 1.807) is 7.11 Å². The van der Waals surface area contributed by atoms with Crippen LogP contribution < -0.4 is 10.6 Å². The minimum atomic E-state index is 0. The number of hydrogen-bond acceptors (Lipinski definition) is 5. The van der Waals surface area contributed by atoms with Gasteiger partial charge < -0.3 is 25.0 Å². The van der Waals surface area contributed by atoms with Gasteiger partial charge in [-0.05, 0) is 65.3 Å². The van der Waals surface area contributed by atoms with Crippen molar-refractivity contribution in [1.82, 2.24) is 20.4 Å². The smallest absolute Gasteiger partial charge is 0.191 e. The lowest BCUT2D eigenvalue weighted by molar-refractivity contribution is 0.0173. The average Bonchev–Trinajstić information content (AvgIpc) is 2.71. The van der Waals surface area contributed by atoms with Crippen LogP contribution >= 0.6 is 24.0 Å². The van der Waals surface area contributed by atoms with Gasteiger partial charge in [-0.3, -0.25) is 9.89 Å². The second kappa shape index (κ2) is 14.8. The van der Waals surface area contributed by atoms with Crippen molar-refractivity contribution in [2.45, 2.75) is 44.1 Å². The highest BCUT2D eigenvalue weighted by Gasteiger charge is 2.39. The van der Waals surface area contributed by atoms with Gasteiger partial charge in [0.1, 0.15) is 0 Å². The molecule has 0 aliphatic carbocycles. The highest BCUT2D eigenvalue weighted by atomic mass is 127. The van der Waals surface area contributed by atoms with Gasteiger partial charge in [0, 0.05) is 39.4 Å². The van der Waals surface area contributed by atoms with Crippen molar-refractivity contribution in [1.29, 1.82) is 0 Å². The standard InChI is InChI=1S/C20H41N5O2.HI/c1-21-19(22-10-7-15-27-17-16-26-3)23-18-20(8-13-24(2)14-9-20)25-11-5-4-6-12-25;/h4-18H2,1-3H3,(H2,21,22,23);1H. The van der Waals surface area contributed by atoms with Gasteiger partial charge in [0.05, 0.1) is 13.2 Å². The molecule has 0 spiro atoms. The van der Waals surface area contributed by atoms with Gasteiger partial charge in [-0.2, -0.15) is 0 Å². The van der Waals surface area contributed by atoms with E-state index < -0.39 is 0 Å². The molecule has 2 N–H and O–H groups in total. The SMILES string of the molecule is CN=C(NCCCOCCOC)NCC1(N2CCCCC2)CCN(C)CC1.I. The quantitative estimate of drug-likeness (QED) is 0.202. The van der Waals surface area contributed by atoms with Crippen LogP contribution in [-0.2, 0) is 9.47 Å². The van der Waals surface area contributed by atoms with E-state index in [1.165, 1.54) is 58.3 Å². The number of ether oxygens (including phenoxy) is 2. The molecule has 2 aliphatic heterocycles. The van der Waals surface area contributed by atoms with Crippen LogP contribution in [0.3, 0.4) is 0 Å². The number of rotatable bonds is 10. The fourth-order valence-corrected chi connectivity index (χ4v) is 4.10. The minimum absolute atomic E-state index is 0. The fourth-order valence-electron chi connectivity index (χ4n) is 4.10. The minimum Gasteiger partial charge on any atom is -0.382 e. The first kappa shape index (κ1) is 25.9. The summed E-state index contributed by atoms with van der Waals surface area (Å²) in [5, 5.41) is 7.05. The maximum absolute atomic E-state index is 5.51. The Balaban J connectivity index is 0.00000392. The fraction of sp³-hybridized carbons (Fsp3) is 0.950. The van der Waals surface area contributed by atoms with Gasteiger partial charge in [0.25, 0.3) is 0 Å². The molecule has 0 radical (unpaired) electrons. The van der Waals surface area contributed by atoms with E-state index in [-0.39, 0.29) is 29.5 Å². The first-order chi connectivity index (χ1) is 13.2. The summed E-state index contributed by atoms with van der Waals surface area (Å²) in [5.41, 5.74) is 0.272. The number of aliphatic imine (C=N–C) groups is 1. The number of likely N-dealkylation sites (tertiary alicyclic amines) is 2. The molecule has 28 heavy (non-hydrogen) atoms. The zero-order chi connectivity index (χ0) is 19.4. The summed E-state index contributed by atoms with van der Waals surface area (Å²) >= 11 is 0. The summed E-state index contributed by atoms with van der Waals surface area (Å²) in [4.78, 5) is 9.63. The summed E-state index contributed by atoms with van der Waals surface area (Å²) in [6.45, 7) is 8.77. The Labute approximate surface area is 189 Å². The van der Waals surface area contributed by atoms with E-state index in [4.69, 9.17) is 9.47 Å². The van der Waals surface area contributed by atoms with Crippen LogP contribution in [0.25, 0.3) is 0 Å². The molecule has 0 aromatic carbocycles. The van der Waals surface area contributed by atoms with Crippen molar-refractivity contribution in [2.75, 3.05) is 80.3 Å². The summed E-state index contributed by atoms with van der Waals surface area (Å²) < 4.78 is 10.5. The molecular weight excluding hydrogens is 469 g/mol. The molecule has 0 bridgehead atoms. The highest BCUT2D eigenvalue weighted by molar-refractivity contribution is 14.0.